The molecule has 1 fully saturated rings. The Balaban J connectivity index is 0.967. The molecule has 9 aromatic carbocycles. The van der Waals surface area contributed by atoms with E-state index in [0.717, 1.165) is 28.4 Å². The van der Waals surface area contributed by atoms with Crippen molar-refractivity contribution in [3.63, 3.8) is 0 Å². The molecule has 0 unspecified atom stereocenters. The predicted molar refractivity (Wildman–Crippen MR) is 253 cm³/mol. The number of nitrogens with zero attached hydrogens (tertiary/aromatic N) is 2. The van der Waals surface area contributed by atoms with Gasteiger partial charge >= 0.3 is 0 Å². The van der Waals surface area contributed by atoms with Gasteiger partial charge in [0.1, 0.15) is 0 Å². The summed E-state index contributed by atoms with van der Waals surface area (Å²) >= 11 is 0. The van der Waals surface area contributed by atoms with Crippen LogP contribution in [-0.2, 0) is 5.41 Å². The van der Waals surface area contributed by atoms with Gasteiger partial charge in [0.25, 0.3) is 0 Å². The zero-order valence-electron chi connectivity index (χ0n) is 33.7. The molecule has 2 aliphatic rings. The molecule has 60 heavy (non-hydrogen) atoms. The Morgan fingerprint density at radius 2 is 0.800 bits per heavy atom. The summed E-state index contributed by atoms with van der Waals surface area (Å²) in [5.41, 5.74) is 17.6. The lowest BCUT2D eigenvalue weighted by Crippen LogP contribution is -2.28. The van der Waals surface area contributed by atoms with Gasteiger partial charge in [0.05, 0.1) is 5.69 Å². The van der Waals surface area contributed by atoms with Crippen molar-refractivity contribution < 1.29 is 0 Å². The number of hydrogen-bond donors (Lipinski definition) is 0. The van der Waals surface area contributed by atoms with Gasteiger partial charge in [-0.05, 0) is 129 Å². The molecule has 0 saturated heterocycles. The second-order valence-electron chi connectivity index (χ2n) is 16.4. The van der Waals surface area contributed by atoms with E-state index < -0.39 is 0 Å². The van der Waals surface area contributed by atoms with Crippen molar-refractivity contribution in [1.82, 2.24) is 0 Å². The van der Waals surface area contributed by atoms with Crippen LogP contribution in [0.15, 0.2) is 218 Å². The van der Waals surface area contributed by atoms with E-state index in [2.05, 4.69) is 228 Å². The third-order valence-electron chi connectivity index (χ3n) is 13.1. The molecule has 1 saturated carbocycles. The summed E-state index contributed by atoms with van der Waals surface area (Å²) in [5, 5.41) is 2.46. The van der Waals surface area contributed by atoms with Crippen molar-refractivity contribution >= 4 is 44.9 Å². The molecule has 0 heterocycles. The van der Waals surface area contributed by atoms with E-state index in [1.165, 1.54) is 93.1 Å². The molecular formula is C58H46N2. The van der Waals surface area contributed by atoms with Crippen LogP contribution in [0.2, 0.25) is 0 Å². The van der Waals surface area contributed by atoms with Gasteiger partial charge in [-0.1, -0.05) is 171 Å². The van der Waals surface area contributed by atoms with Crippen molar-refractivity contribution in [3.05, 3.63) is 230 Å². The van der Waals surface area contributed by atoms with Gasteiger partial charge in [0, 0.05) is 39.2 Å². The second kappa shape index (κ2) is 15.2. The number of fused-ring (bicyclic) bond motifs is 6. The first-order valence-corrected chi connectivity index (χ1v) is 21.5. The summed E-state index contributed by atoms with van der Waals surface area (Å²) in [5.74, 6) is 0. The highest BCUT2D eigenvalue weighted by molar-refractivity contribution is 5.99. The van der Waals surface area contributed by atoms with Gasteiger partial charge in [0.15, 0.2) is 0 Å². The van der Waals surface area contributed by atoms with Gasteiger partial charge in [-0.3, -0.25) is 0 Å². The fraction of sp³-hybridized carbons (Fsp3) is 0.103. The highest BCUT2D eigenvalue weighted by Crippen LogP contribution is 2.57. The third kappa shape index (κ3) is 6.28. The fourth-order valence-corrected chi connectivity index (χ4v) is 10.2. The second-order valence-corrected chi connectivity index (χ2v) is 16.4. The minimum absolute atomic E-state index is 0.0861. The predicted octanol–water partition coefficient (Wildman–Crippen LogP) is 16.3. The van der Waals surface area contributed by atoms with Crippen molar-refractivity contribution in [1.29, 1.82) is 0 Å². The van der Waals surface area contributed by atoms with Crippen molar-refractivity contribution in [2.45, 2.75) is 37.5 Å². The topological polar surface area (TPSA) is 6.48 Å². The summed E-state index contributed by atoms with van der Waals surface area (Å²) in [7, 11) is 0. The van der Waals surface area contributed by atoms with Crippen LogP contribution in [0.4, 0.5) is 34.1 Å². The average molecular weight is 771 g/mol. The Morgan fingerprint density at radius 1 is 0.317 bits per heavy atom. The number of para-hydroxylation sites is 1. The van der Waals surface area contributed by atoms with Crippen molar-refractivity contribution in [2.75, 3.05) is 9.80 Å². The van der Waals surface area contributed by atoms with Gasteiger partial charge in [-0.2, -0.15) is 0 Å². The number of anilines is 6. The Labute approximate surface area is 353 Å². The lowest BCUT2D eigenvalue weighted by atomic mass is 9.68. The van der Waals surface area contributed by atoms with E-state index in [9.17, 15) is 0 Å². The largest absolute Gasteiger partial charge is 0.310 e. The van der Waals surface area contributed by atoms with Crippen LogP contribution < -0.4 is 9.80 Å². The molecule has 2 heteroatoms. The molecule has 11 rings (SSSR count). The van der Waals surface area contributed by atoms with Gasteiger partial charge in [-0.25, -0.2) is 0 Å². The zero-order valence-corrected chi connectivity index (χ0v) is 33.7. The summed E-state index contributed by atoms with van der Waals surface area (Å²) in [4.78, 5) is 4.81. The SMILES string of the molecule is c1ccc(-c2ccc(N(c3ccc(-c4ccc(N(c5ccccc5)c5cccc6ccccc56)cc4)cc3)c3ccc4c(c3)C3(CCCCC3)c3ccccc3-4)cc2)cc1. The Morgan fingerprint density at radius 3 is 1.47 bits per heavy atom. The van der Waals surface area contributed by atoms with Crippen LogP contribution in [0.1, 0.15) is 43.2 Å². The monoisotopic (exact) mass is 770 g/mol. The first kappa shape index (κ1) is 36.0. The first-order chi connectivity index (χ1) is 29.7. The van der Waals surface area contributed by atoms with Gasteiger partial charge in [-0.15, -0.1) is 0 Å². The van der Waals surface area contributed by atoms with E-state index in [4.69, 9.17) is 0 Å². The van der Waals surface area contributed by atoms with Crippen LogP contribution in [-0.4, -0.2) is 0 Å². The molecule has 0 amide bonds. The molecule has 2 nitrogen and oxygen atoms in total. The molecule has 288 valence electrons. The van der Waals surface area contributed by atoms with Crippen LogP contribution in [0.3, 0.4) is 0 Å². The molecule has 0 bridgehead atoms. The average Bonchev–Trinajstić information content (AvgIpc) is 3.58. The molecule has 0 radical (unpaired) electrons. The molecule has 1 spiro atoms. The molecule has 0 atom stereocenters. The lowest BCUT2D eigenvalue weighted by Gasteiger charge is -2.36. The zero-order chi connectivity index (χ0) is 39.9. The standard InChI is InChI=1S/C58H46N2/c1-4-15-42(16-5-1)43-25-31-48(32-26-43)59(51-37-38-54-53-22-10-11-23-55(53)58(56(54)41-51)39-12-3-13-40-58)49-33-27-44(28-34-49)45-29-35-50(36-30-45)60(47-19-6-2-7-20-47)57-24-14-18-46-17-8-9-21-52(46)57/h1-2,4-11,14-38,41H,3,12-13,39-40H2. The van der Waals surface area contributed by atoms with E-state index in [1.807, 2.05) is 0 Å². The third-order valence-corrected chi connectivity index (χ3v) is 13.1. The lowest BCUT2D eigenvalue weighted by molar-refractivity contribution is 0.353. The first-order valence-electron chi connectivity index (χ1n) is 21.5. The normalized spacial score (nSPS) is 13.8. The molecule has 2 aliphatic carbocycles. The maximum atomic E-state index is 2.52. The van der Waals surface area contributed by atoms with E-state index >= 15 is 0 Å². The Hall–Kier alpha value is -7.16. The highest BCUT2D eigenvalue weighted by Gasteiger charge is 2.43. The van der Waals surface area contributed by atoms with Crippen LogP contribution >= 0.6 is 0 Å². The Kier molecular flexibility index (Phi) is 9.12. The molecule has 0 N–H and O–H groups in total. The van der Waals surface area contributed by atoms with Crippen molar-refractivity contribution in [3.8, 4) is 33.4 Å². The quantitative estimate of drug-likeness (QED) is 0.152. The summed E-state index contributed by atoms with van der Waals surface area (Å²) < 4.78 is 0. The van der Waals surface area contributed by atoms with Gasteiger partial charge < -0.3 is 9.80 Å². The fourth-order valence-electron chi connectivity index (χ4n) is 10.2. The van der Waals surface area contributed by atoms with E-state index in [1.54, 1.807) is 0 Å². The Bertz CT molecular complexity index is 2920. The number of hydrogen-bond acceptors (Lipinski definition) is 2. The van der Waals surface area contributed by atoms with Crippen LogP contribution in [0, 0.1) is 0 Å². The number of rotatable bonds is 8. The number of benzene rings is 9. The maximum absolute atomic E-state index is 2.52. The van der Waals surface area contributed by atoms with Crippen LogP contribution in [0.5, 0.6) is 0 Å². The minimum Gasteiger partial charge on any atom is -0.310 e. The van der Waals surface area contributed by atoms with E-state index in [0.29, 0.717) is 0 Å². The molecule has 9 aromatic rings. The summed E-state index contributed by atoms with van der Waals surface area (Å²) in [6.07, 6.45) is 6.30. The van der Waals surface area contributed by atoms with Crippen LogP contribution in [0.25, 0.3) is 44.2 Å². The summed E-state index contributed by atoms with van der Waals surface area (Å²) in [6, 6.07) is 80.2. The van der Waals surface area contributed by atoms with E-state index in [-0.39, 0.29) is 5.41 Å². The molecule has 0 aromatic heterocycles. The summed E-state index contributed by atoms with van der Waals surface area (Å²) in [6.45, 7) is 0. The molecule has 0 aliphatic heterocycles. The van der Waals surface area contributed by atoms with Crippen molar-refractivity contribution in [2.24, 2.45) is 0 Å². The smallest absolute Gasteiger partial charge is 0.0540 e. The maximum Gasteiger partial charge on any atom is 0.0540 e. The molecular weight excluding hydrogens is 725 g/mol. The van der Waals surface area contributed by atoms with Gasteiger partial charge in [0.2, 0.25) is 0 Å². The highest BCUT2D eigenvalue weighted by atomic mass is 15.1. The minimum atomic E-state index is 0.0861.